The monoisotopic (exact) mass is 280 g/mol. The van der Waals surface area contributed by atoms with Crippen molar-refractivity contribution in [2.75, 3.05) is 12.8 Å². The van der Waals surface area contributed by atoms with Crippen molar-refractivity contribution in [2.24, 2.45) is 5.41 Å². The third kappa shape index (κ3) is 5.46. The zero-order valence-corrected chi connectivity index (χ0v) is 12.0. The van der Waals surface area contributed by atoms with Crippen LogP contribution in [0.1, 0.15) is 27.7 Å². The molecule has 0 spiro atoms. The van der Waals surface area contributed by atoms with Gasteiger partial charge in [0.2, 0.25) is 15.9 Å². The molecule has 1 amide bonds. The summed E-state index contributed by atoms with van der Waals surface area (Å²) in [6, 6.07) is 0. The average molecular weight is 280 g/mol. The number of hydrogen-bond donors (Lipinski definition) is 3. The molecule has 0 aliphatic heterocycles. The van der Waals surface area contributed by atoms with E-state index in [4.69, 9.17) is 5.11 Å². The van der Waals surface area contributed by atoms with Crippen LogP contribution >= 0.6 is 0 Å². The summed E-state index contributed by atoms with van der Waals surface area (Å²) in [5.41, 5.74) is -2.45. The standard InChI is InChI=1S/C10H20N2O5S/c1-9(2,8(14)15)6-11-7(13)10(3,4)12-18(5,16)17/h12H,6H2,1-5H3,(H,11,13)(H,14,15). The van der Waals surface area contributed by atoms with Crippen molar-refractivity contribution in [3.63, 3.8) is 0 Å². The molecule has 18 heavy (non-hydrogen) atoms. The fourth-order valence-corrected chi connectivity index (χ4v) is 2.13. The molecule has 0 heterocycles. The van der Waals surface area contributed by atoms with Crippen molar-refractivity contribution in [1.29, 1.82) is 0 Å². The summed E-state index contributed by atoms with van der Waals surface area (Å²) in [5, 5.41) is 11.3. The Kier molecular flexibility index (Phi) is 4.90. The van der Waals surface area contributed by atoms with E-state index in [0.29, 0.717) is 0 Å². The molecule has 0 aromatic rings. The van der Waals surface area contributed by atoms with Gasteiger partial charge in [-0.05, 0) is 27.7 Å². The third-order valence-corrected chi connectivity index (χ3v) is 3.16. The second-order valence-electron chi connectivity index (χ2n) is 5.37. The number of sulfonamides is 1. The van der Waals surface area contributed by atoms with E-state index in [1.54, 1.807) is 0 Å². The van der Waals surface area contributed by atoms with E-state index >= 15 is 0 Å². The highest BCUT2D eigenvalue weighted by molar-refractivity contribution is 7.88. The number of nitrogens with one attached hydrogen (secondary N) is 2. The third-order valence-electron chi connectivity index (χ3n) is 2.28. The average Bonchev–Trinajstić information content (AvgIpc) is 2.09. The maximum absolute atomic E-state index is 11.8. The molecule has 7 nitrogen and oxygen atoms in total. The summed E-state index contributed by atoms with van der Waals surface area (Å²) in [6.45, 7) is 5.64. The molecule has 0 saturated carbocycles. The fourth-order valence-electron chi connectivity index (χ4n) is 1.11. The molecule has 0 bridgehead atoms. The number of rotatable bonds is 6. The lowest BCUT2D eigenvalue weighted by Crippen LogP contribution is -2.56. The predicted octanol–water partition coefficient (Wildman–Crippen LogP) is -0.459. The van der Waals surface area contributed by atoms with Gasteiger partial charge in [0.05, 0.1) is 11.7 Å². The van der Waals surface area contributed by atoms with Gasteiger partial charge in [-0.25, -0.2) is 13.1 Å². The summed E-state index contributed by atoms with van der Waals surface area (Å²) in [6.07, 6.45) is 0.948. The largest absolute Gasteiger partial charge is 0.481 e. The lowest BCUT2D eigenvalue weighted by molar-refractivity contribution is -0.147. The molecule has 0 aromatic carbocycles. The van der Waals surface area contributed by atoms with Crippen LogP contribution in [-0.2, 0) is 19.6 Å². The van der Waals surface area contributed by atoms with Crippen LogP contribution < -0.4 is 10.0 Å². The lowest BCUT2D eigenvalue weighted by atomic mass is 9.93. The van der Waals surface area contributed by atoms with Crippen LogP contribution in [0.3, 0.4) is 0 Å². The van der Waals surface area contributed by atoms with Crippen molar-refractivity contribution < 1.29 is 23.1 Å². The molecule has 0 atom stereocenters. The van der Waals surface area contributed by atoms with Gasteiger partial charge in [-0.3, -0.25) is 9.59 Å². The van der Waals surface area contributed by atoms with Gasteiger partial charge < -0.3 is 10.4 Å². The van der Waals surface area contributed by atoms with E-state index < -0.39 is 32.9 Å². The van der Waals surface area contributed by atoms with Gasteiger partial charge >= 0.3 is 5.97 Å². The lowest BCUT2D eigenvalue weighted by Gasteiger charge is -2.26. The minimum atomic E-state index is -3.52. The van der Waals surface area contributed by atoms with E-state index in [1.165, 1.54) is 27.7 Å². The van der Waals surface area contributed by atoms with Gasteiger partial charge in [0.1, 0.15) is 5.54 Å². The molecule has 8 heteroatoms. The predicted molar refractivity (Wildman–Crippen MR) is 66.5 cm³/mol. The summed E-state index contributed by atoms with van der Waals surface area (Å²) in [5.74, 6) is -1.63. The molecule has 0 unspecified atom stereocenters. The maximum Gasteiger partial charge on any atom is 0.310 e. The smallest absolute Gasteiger partial charge is 0.310 e. The molecule has 0 radical (unpaired) electrons. The number of carboxylic acid groups (broad SMARTS) is 1. The van der Waals surface area contributed by atoms with Crippen LogP contribution in [0.2, 0.25) is 0 Å². The Labute approximate surface area is 107 Å². The minimum absolute atomic E-state index is 0.0873. The Balaban J connectivity index is 4.65. The van der Waals surface area contributed by atoms with Crippen molar-refractivity contribution >= 4 is 21.9 Å². The first kappa shape index (κ1) is 16.9. The van der Waals surface area contributed by atoms with Gasteiger partial charge in [0, 0.05) is 6.54 Å². The van der Waals surface area contributed by atoms with Crippen LogP contribution in [0.4, 0.5) is 0 Å². The number of hydrogen-bond acceptors (Lipinski definition) is 4. The summed E-state index contributed by atoms with van der Waals surface area (Å²) in [7, 11) is -3.52. The first-order chi connectivity index (χ1) is 7.78. The molecule has 106 valence electrons. The van der Waals surface area contributed by atoms with Crippen LogP contribution in [0.5, 0.6) is 0 Å². The van der Waals surface area contributed by atoms with E-state index in [2.05, 4.69) is 10.0 Å². The second kappa shape index (κ2) is 5.23. The maximum atomic E-state index is 11.8. The fraction of sp³-hybridized carbons (Fsp3) is 0.800. The topological polar surface area (TPSA) is 113 Å². The second-order valence-corrected chi connectivity index (χ2v) is 7.12. The van der Waals surface area contributed by atoms with Crippen LogP contribution in [0.25, 0.3) is 0 Å². The van der Waals surface area contributed by atoms with Gasteiger partial charge in [-0.1, -0.05) is 0 Å². The van der Waals surface area contributed by atoms with Crippen molar-refractivity contribution in [2.45, 2.75) is 33.2 Å². The molecule has 0 fully saturated rings. The molecule has 0 aromatic heterocycles. The van der Waals surface area contributed by atoms with Crippen molar-refractivity contribution in [3.05, 3.63) is 0 Å². The highest BCUT2D eigenvalue weighted by Gasteiger charge is 2.33. The van der Waals surface area contributed by atoms with Gasteiger partial charge in [-0.2, -0.15) is 0 Å². The van der Waals surface area contributed by atoms with Crippen molar-refractivity contribution in [1.82, 2.24) is 10.0 Å². The Morgan fingerprint density at radius 2 is 1.61 bits per heavy atom. The summed E-state index contributed by atoms with van der Waals surface area (Å²) in [4.78, 5) is 22.6. The number of aliphatic carboxylic acids is 1. The van der Waals surface area contributed by atoms with E-state index in [1.807, 2.05) is 0 Å². The molecule has 0 saturated heterocycles. The molecule has 0 rings (SSSR count). The Bertz CT molecular complexity index is 439. The zero-order chi connectivity index (χ0) is 14.8. The molecule has 3 N–H and O–H groups in total. The van der Waals surface area contributed by atoms with E-state index in [9.17, 15) is 18.0 Å². The first-order valence-corrected chi connectivity index (χ1v) is 7.18. The Hall–Kier alpha value is -1.15. The molecule has 0 aliphatic carbocycles. The van der Waals surface area contributed by atoms with Crippen molar-refractivity contribution in [3.8, 4) is 0 Å². The number of carboxylic acids is 1. The quantitative estimate of drug-likeness (QED) is 0.609. The summed E-state index contributed by atoms with van der Waals surface area (Å²) < 4.78 is 24.3. The SMILES string of the molecule is CC(C)(CNC(=O)C(C)(C)NS(C)(=O)=O)C(=O)O. The number of amides is 1. The molecular weight excluding hydrogens is 260 g/mol. The van der Waals surface area contributed by atoms with E-state index in [-0.39, 0.29) is 6.54 Å². The minimum Gasteiger partial charge on any atom is -0.481 e. The molecular formula is C10H20N2O5S. The van der Waals surface area contributed by atoms with Crippen LogP contribution in [0, 0.1) is 5.41 Å². The Morgan fingerprint density at radius 3 is 1.94 bits per heavy atom. The normalized spacial score (nSPS) is 13.2. The molecule has 0 aliphatic rings. The van der Waals surface area contributed by atoms with Gasteiger partial charge in [0.25, 0.3) is 0 Å². The van der Waals surface area contributed by atoms with Crippen LogP contribution in [0.15, 0.2) is 0 Å². The first-order valence-electron chi connectivity index (χ1n) is 5.28. The summed E-state index contributed by atoms with van der Waals surface area (Å²) >= 11 is 0. The number of carbonyl (C=O) groups is 2. The van der Waals surface area contributed by atoms with Gasteiger partial charge in [0.15, 0.2) is 0 Å². The zero-order valence-electron chi connectivity index (χ0n) is 11.2. The number of carbonyl (C=O) groups excluding carboxylic acids is 1. The van der Waals surface area contributed by atoms with Gasteiger partial charge in [-0.15, -0.1) is 0 Å². The Morgan fingerprint density at radius 1 is 1.17 bits per heavy atom. The van der Waals surface area contributed by atoms with E-state index in [0.717, 1.165) is 6.26 Å². The highest BCUT2D eigenvalue weighted by Crippen LogP contribution is 2.14. The highest BCUT2D eigenvalue weighted by atomic mass is 32.2. The van der Waals surface area contributed by atoms with Crippen LogP contribution in [-0.4, -0.2) is 43.7 Å².